The van der Waals surface area contributed by atoms with Crippen molar-refractivity contribution >= 4 is 23.2 Å². The van der Waals surface area contributed by atoms with E-state index >= 15 is 0 Å². The van der Waals surface area contributed by atoms with Gasteiger partial charge < -0.3 is 10.1 Å². The number of anilines is 1. The first kappa shape index (κ1) is 13.4. The van der Waals surface area contributed by atoms with Gasteiger partial charge in [0, 0.05) is 31.7 Å². The van der Waals surface area contributed by atoms with E-state index in [4.69, 9.17) is 16.3 Å². The summed E-state index contributed by atoms with van der Waals surface area (Å²) in [4.78, 5) is 11.5. The number of halogens is 1. The highest BCUT2D eigenvalue weighted by Gasteiger charge is 2.16. The minimum Gasteiger partial charge on any atom is -0.381 e. The molecule has 1 aromatic heterocycles. The first-order chi connectivity index (χ1) is 8.79. The van der Waals surface area contributed by atoms with Gasteiger partial charge in [-0.3, -0.25) is 9.48 Å². The largest absolute Gasteiger partial charge is 0.381 e. The molecular weight excluding hydrogens is 254 g/mol. The number of nitrogens with one attached hydrogen (secondary N) is 1. The zero-order valence-electron chi connectivity index (χ0n) is 10.3. The highest BCUT2D eigenvalue weighted by Crippen LogP contribution is 2.21. The molecule has 1 fully saturated rings. The lowest BCUT2D eigenvalue weighted by molar-refractivity contribution is -0.116. The lowest BCUT2D eigenvalue weighted by Crippen LogP contribution is -2.19. The second-order valence-corrected chi connectivity index (χ2v) is 4.77. The summed E-state index contributed by atoms with van der Waals surface area (Å²) in [7, 11) is 0. The van der Waals surface area contributed by atoms with Crippen molar-refractivity contribution in [2.24, 2.45) is 0 Å². The first-order valence-corrected chi connectivity index (χ1v) is 6.81. The molecule has 1 aliphatic heterocycles. The normalized spacial score (nSPS) is 16.7. The van der Waals surface area contributed by atoms with Gasteiger partial charge in [-0.2, -0.15) is 5.10 Å². The Balaban J connectivity index is 1.87. The van der Waals surface area contributed by atoms with Gasteiger partial charge in [-0.15, -0.1) is 11.6 Å². The molecule has 1 saturated heterocycles. The fourth-order valence-electron chi connectivity index (χ4n) is 2.00. The number of ether oxygens (including phenoxy) is 1. The number of carbonyl (C=O) groups excluding carboxylic acids is 1. The van der Waals surface area contributed by atoms with Gasteiger partial charge in [0.25, 0.3) is 0 Å². The number of aromatic nitrogens is 2. The topological polar surface area (TPSA) is 56.2 Å². The Morgan fingerprint density at radius 2 is 2.33 bits per heavy atom. The number of hydrogen-bond acceptors (Lipinski definition) is 3. The zero-order chi connectivity index (χ0) is 12.8. The maximum Gasteiger partial charge on any atom is 0.224 e. The summed E-state index contributed by atoms with van der Waals surface area (Å²) in [5.74, 6) is 0.497. The van der Waals surface area contributed by atoms with Crippen LogP contribution in [0.2, 0.25) is 0 Å². The highest BCUT2D eigenvalue weighted by molar-refractivity contribution is 6.18. The van der Waals surface area contributed by atoms with Gasteiger partial charge in [-0.25, -0.2) is 0 Å². The first-order valence-electron chi connectivity index (χ1n) is 6.27. The summed E-state index contributed by atoms with van der Waals surface area (Å²) in [6, 6.07) is 0.382. The lowest BCUT2D eigenvalue weighted by Gasteiger charge is -2.22. The van der Waals surface area contributed by atoms with Crippen LogP contribution in [0.5, 0.6) is 0 Å². The van der Waals surface area contributed by atoms with E-state index in [1.165, 1.54) is 0 Å². The molecule has 0 spiro atoms. The second kappa shape index (κ2) is 6.75. The summed E-state index contributed by atoms with van der Waals surface area (Å²) in [6.45, 7) is 1.56. The van der Waals surface area contributed by atoms with Gasteiger partial charge in [0.05, 0.1) is 17.9 Å². The van der Waals surface area contributed by atoms with Crippen LogP contribution in [0.3, 0.4) is 0 Å². The summed E-state index contributed by atoms with van der Waals surface area (Å²) in [5.41, 5.74) is 0.751. The van der Waals surface area contributed by atoms with Crippen molar-refractivity contribution in [2.45, 2.75) is 31.7 Å². The smallest absolute Gasteiger partial charge is 0.224 e. The van der Waals surface area contributed by atoms with Gasteiger partial charge in [0.15, 0.2) is 0 Å². The minimum absolute atomic E-state index is 0.0119. The van der Waals surface area contributed by atoms with Gasteiger partial charge in [0.1, 0.15) is 0 Å². The molecule has 6 heteroatoms. The van der Waals surface area contributed by atoms with E-state index in [-0.39, 0.29) is 5.91 Å². The SMILES string of the molecule is O=C(CCCCl)Nc1cnn(C2CCOCC2)c1. The Labute approximate surface area is 111 Å². The van der Waals surface area contributed by atoms with Crippen LogP contribution < -0.4 is 5.32 Å². The maximum atomic E-state index is 11.5. The lowest BCUT2D eigenvalue weighted by atomic mass is 10.1. The fourth-order valence-corrected chi connectivity index (χ4v) is 2.14. The van der Waals surface area contributed by atoms with Crippen LogP contribution in [0.1, 0.15) is 31.7 Å². The Morgan fingerprint density at radius 1 is 1.56 bits per heavy atom. The molecule has 1 N–H and O–H groups in total. The molecule has 0 unspecified atom stereocenters. The van der Waals surface area contributed by atoms with E-state index in [9.17, 15) is 4.79 Å². The molecule has 100 valence electrons. The third kappa shape index (κ3) is 3.71. The monoisotopic (exact) mass is 271 g/mol. The Bertz CT molecular complexity index is 388. The molecule has 1 aromatic rings. The van der Waals surface area contributed by atoms with Gasteiger partial charge in [-0.05, 0) is 19.3 Å². The number of alkyl halides is 1. The van der Waals surface area contributed by atoms with Crippen molar-refractivity contribution in [2.75, 3.05) is 24.4 Å². The molecule has 2 rings (SSSR count). The molecule has 5 nitrogen and oxygen atoms in total. The maximum absolute atomic E-state index is 11.5. The minimum atomic E-state index is -0.0119. The van der Waals surface area contributed by atoms with Crippen LogP contribution in [-0.4, -0.2) is 34.8 Å². The van der Waals surface area contributed by atoms with E-state index in [2.05, 4.69) is 10.4 Å². The molecule has 2 heterocycles. The van der Waals surface area contributed by atoms with Crippen molar-refractivity contribution in [3.63, 3.8) is 0 Å². The number of hydrogen-bond donors (Lipinski definition) is 1. The zero-order valence-corrected chi connectivity index (χ0v) is 11.0. The standard InChI is InChI=1S/C12H18ClN3O2/c13-5-1-2-12(17)15-10-8-14-16(9-10)11-3-6-18-7-4-11/h8-9,11H,1-7H2,(H,15,17). The Hall–Kier alpha value is -1.07. The van der Waals surface area contributed by atoms with Crippen LogP contribution in [0.4, 0.5) is 5.69 Å². The average molecular weight is 272 g/mol. The molecule has 1 aliphatic rings. The van der Waals surface area contributed by atoms with Crippen LogP contribution in [0.15, 0.2) is 12.4 Å². The molecular formula is C12H18ClN3O2. The Kier molecular flexibility index (Phi) is 5.01. The molecule has 0 atom stereocenters. The van der Waals surface area contributed by atoms with Crippen LogP contribution in [0, 0.1) is 0 Å². The molecule has 0 aliphatic carbocycles. The number of amides is 1. The quantitative estimate of drug-likeness (QED) is 0.835. The summed E-state index contributed by atoms with van der Waals surface area (Å²) in [5, 5.41) is 7.12. The Morgan fingerprint density at radius 3 is 3.06 bits per heavy atom. The molecule has 18 heavy (non-hydrogen) atoms. The van der Waals surface area contributed by atoms with Crippen molar-refractivity contribution in [3.05, 3.63) is 12.4 Å². The van der Waals surface area contributed by atoms with Crippen LogP contribution in [-0.2, 0) is 9.53 Å². The molecule has 1 amide bonds. The third-order valence-corrected chi connectivity index (χ3v) is 3.25. The van der Waals surface area contributed by atoms with Crippen molar-refractivity contribution in [3.8, 4) is 0 Å². The van der Waals surface area contributed by atoms with Gasteiger partial charge in [-0.1, -0.05) is 0 Å². The predicted octanol–water partition coefficient (Wildman–Crippen LogP) is 2.19. The second-order valence-electron chi connectivity index (χ2n) is 4.39. The molecule has 0 bridgehead atoms. The molecule has 0 aromatic carbocycles. The molecule has 0 radical (unpaired) electrons. The fraction of sp³-hybridized carbons (Fsp3) is 0.667. The summed E-state index contributed by atoms with van der Waals surface area (Å²) in [6.07, 6.45) is 6.67. The highest BCUT2D eigenvalue weighted by atomic mass is 35.5. The van der Waals surface area contributed by atoms with Crippen LogP contribution in [0.25, 0.3) is 0 Å². The molecule has 0 saturated carbocycles. The number of nitrogens with zero attached hydrogens (tertiary/aromatic N) is 2. The number of rotatable bonds is 5. The van der Waals surface area contributed by atoms with E-state index in [1.807, 2.05) is 10.9 Å². The van der Waals surface area contributed by atoms with Gasteiger partial charge >= 0.3 is 0 Å². The van der Waals surface area contributed by atoms with Crippen molar-refractivity contribution in [1.29, 1.82) is 0 Å². The summed E-state index contributed by atoms with van der Waals surface area (Å²) < 4.78 is 7.23. The van der Waals surface area contributed by atoms with E-state index in [0.717, 1.165) is 31.7 Å². The van der Waals surface area contributed by atoms with Crippen LogP contribution >= 0.6 is 11.6 Å². The van der Waals surface area contributed by atoms with E-state index in [0.29, 0.717) is 24.8 Å². The van der Waals surface area contributed by atoms with Crippen molar-refractivity contribution < 1.29 is 9.53 Å². The van der Waals surface area contributed by atoms with Crippen molar-refractivity contribution in [1.82, 2.24) is 9.78 Å². The summed E-state index contributed by atoms with van der Waals surface area (Å²) >= 11 is 5.55. The predicted molar refractivity (Wildman–Crippen MR) is 69.9 cm³/mol. The van der Waals surface area contributed by atoms with Gasteiger partial charge in [0.2, 0.25) is 5.91 Å². The number of carbonyl (C=O) groups is 1. The average Bonchev–Trinajstić information content (AvgIpc) is 2.86. The van der Waals surface area contributed by atoms with E-state index < -0.39 is 0 Å². The van der Waals surface area contributed by atoms with E-state index in [1.54, 1.807) is 6.20 Å². The third-order valence-electron chi connectivity index (χ3n) is 2.99.